The molecule has 3 heteroatoms. The fourth-order valence-electron chi connectivity index (χ4n) is 0.826. The highest BCUT2D eigenvalue weighted by molar-refractivity contribution is 5.19. The lowest BCUT2D eigenvalue weighted by Gasteiger charge is -2.05. The van der Waals surface area contributed by atoms with Crippen LogP contribution >= 0.6 is 0 Å². The summed E-state index contributed by atoms with van der Waals surface area (Å²) >= 11 is 0. The SMILES string of the molecule is N[C@H](CF)c1cccc(F)c1. The summed E-state index contributed by atoms with van der Waals surface area (Å²) in [7, 11) is 0. The van der Waals surface area contributed by atoms with Gasteiger partial charge >= 0.3 is 0 Å². The van der Waals surface area contributed by atoms with E-state index in [0.717, 1.165) is 0 Å². The Hall–Kier alpha value is -0.960. The molecule has 0 saturated heterocycles. The number of hydrogen-bond donors (Lipinski definition) is 1. The van der Waals surface area contributed by atoms with Gasteiger partial charge < -0.3 is 5.73 Å². The van der Waals surface area contributed by atoms with Crippen LogP contribution in [-0.2, 0) is 0 Å². The van der Waals surface area contributed by atoms with Gasteiger partial charge in [-0.25, -0.2) is 8.78 Å². The maximum Gasteiger partial charge on any atom is 0.123 e. The second-order valence-corrected chi connectivity index (χ2v) is 2.32. The summed E-state index contributed by atoms with van der Waals surface area (Å²) in [5.41, 5.74) is 5.81. The molecule has 1 aromatic rings. The Morgan fingerprint density at radius 3 is 2.73 bits per heavy atom. The van der Waals surface area contributed by atoms with Gasteiger partial charge in [0.15, 0.2) is 0 Å². The van der Waals surface area contributed by atoms with Gasteiger partial charge in [-0.3, -0.25) is 0 Å². The summed E-state index contributed by atoms with van der Waals surface area (Å²) in [6, 6.07) is 4.96. The summed E-state index contributed by atoms with van der Waals surface area (Å²) in [5, 5.41) is 0. The zero-order chi connectivity index (χ0) is 8.27. The van der Waals surface area contributed by atoms with Crippen molar-refractivity contribution in [3.8, 4) is 0 Å². The first-order valence-corrected chi connectivity index (χ1v) is 3.31. The first-order valence-electron chi connectivity index (χ1n) is 3.31. The van der Waals surface area contributed by atoms with Crippen molar-refractivity contribution in [1.29, 1.82) is 0 Å². The minimum Gasteiger partial charge on any atom is -0.322 e. The Bertz CT molecular complexity index is 237. The monoisotopic (exact) mass is 157 g/mol. The molecule has 11 heavy (non-hydrogen) atoms. The Morgan fingerprint density at radius 1 is 1.45 bits per heavy atom. The van der Waals surface area contributed by atoms with Gasteiger partial charge in [0.1, 0.15) is 12.5 Å². The van der Waals surface area contributed by atoms with Crippen LogP contribution in [0.3, 0.4) is 0 Å². The molecule has 1 atom stereocenters. The van der Waals surface area contributed by atoms with Crippen molar-refractivity contribution in [1.82, 2.24) is 0 Å². The zero-order valence-electron chi connectivity index (χ0n) is 5.93. The third-order valence-corrected chi connectivity index (χ3v) is 1.44. The molecule has 0 bridgehead atoms. The van der Waals surface area contributed by atoms with E-state index in [2.05, 4.69) is 0 Å². The van der Waals surface area contributed by atoms with Crippen LogP contribution in [-0.4, -0.2) is 6.67 Å². The molecule has 1 rings (SSSR count). The largest absolute Gasteiger partial charge is 0.322 e. The molecule has 0 spiro atoms. The number of rotatable bonds is 2. The average Bonchev–Trinajstić information content (AvgIpc) is 2.03. The second-order valence-electron chi connectivity index (χ2n) is 2.32. The molecular formula is C8H9F2N. The Balaban J connectivity index is 2.86. The first kappa shape index (κ1) is 8.14. The smallest absolute Gasteiger partial charge is 0.123 e. The molecule has 0 aliphatic carbocycles. The Labute approximate surface area is 63.8 Å². The molecule has 0 heterocycles. The summed E-state index contributed by atoms with van der Waals surface area (Å²) in [6.07, 6.45) is 0. The van der Waals surface area contributed by atoms with Gasteiger partial charge in [-0.05, 0) is 17.7 Å². The van der Waals surface area contributed by atoms with Gasteiger partial charge in [0.05, 0.1) is 6.04 Å². The second kappa shape index (κ2) is 3.44. The first-order chi connectivity index (χ1) is 5.24. The molecule has 60 valence electrons. The number of benzene rings is 1. The quantitative estimate of drug-likeness (QED) is 0.695. The minimum atomic E-state index is -0.703. The van der Waals surface area contributed by atoms with Gasteiger partial charge in [-0.15, -0.1) is 0 Å². The van der Waals surface area contributed by atoms with Crippen molar-refractivity contribution in [3.63, 3.8) is 0 Å². The van der Waals surface area contributed by atoms with E-state index in [-0.39, 0.29) is 5.82 Å². The van der Waals surface area contributed by atoms with E-state index in [9.17, 15) is 8.78 Å². The van der Waals surface area contributed by atoms with E-state index in [1.807, 2.05) is 0 Å². The highest BCUT2D eigenvalue weighted by Gasteiger charge is 2.04. The summed E-state index contributed by atoms with van der Waals surface area (Å²) in [4.78, 5) is 0. The minimum absolute atomic E-state index is 0.383. The van der Waals surface area contributed by atoms with Gasteiger partial charge in [-0.1, -0.05) is 12.1 Å². The van der Waals surface area contributed by atoms with E-state index in [0.29, 0.717) is 5.56 Å². The lowest BCUT2D eigenvalue weighted by Crippen LogP contribution is -2.11. The maximum absolute atomic E-state index is 12.5. The zero-order valence-corrected chi connectivity index (χ0v) is 5.93. The van der Waals surface area contributed by atoms with E-state index in [1.165, 1.54) is 18.2 Å². The van der Waals surface area contributed by atoms with Crippen LogP contribution in [0.2, 0.25) is 0 Å². The number of halogens is 2. The van der Waals surface area contributed by atoms with E-state index in [1.54, 1.807) is 6.07 Å². The van der Waals surface area contributed by atoms with E-state index in [4.69, 9.17) is 5.73 Å². The Kier molecular flexibility index (Phi) is 2.54. The van der Waals surface area contributed by atoms with Crippen LogP contribution < -0.4 is 5.73 Å². The third-order valence-electron chi connectivity index (χ3n) is 1.44. The van der Waals surface area contributed by atoms with E-state index >= 15 is 0 Å². The molecule has 0 fully saturated rings. The molecule has 0 aliphatic heterocycles. The van der Waals surface area contributed by atoms with Crippen LogP contribution in [0.5, 0.6) is 0 Å². The van der Waals surface area contributed by atoms with Gasteiger partial charge in [0.25, 0.3) is 0 Å². The topological polar surface area (TPSA) is 26.0 Å². The predicted octanol–water partition coefficient (Wildman–Crippen LogP) is 1.79. The van der Waals surface area contributed by atoms with E-state index < -0.39 is 12.7 Å². The predicted molar refractivity (Wildman–Crippen MR) is 39.3 cm³/mol. The van der Waals surface area contributed by atoms with Crippen molar-refractivity contribution < 1.29 is 8.78 Å². The van der Waals surface area contributed by atoms with Crippen molar-refractivity contribution in [2.75, 3.05) is 6.67 Å². The normalized spacial score (nSPS) is 13.0. The molecule has 0 saturated carbocycles. The number of nitrogens with two attached hydrogens (primary N) is 1. The lowest BCUT2D eigenvalue weighted by atomic mass is 10.1. The van der Waals surface area contributed by atoms with Crippen LogP contribution in [0.1, 0.15) is 11.6 Å². The standard InChI is InChI=1S/C8H9F2N/c9-5-8(11)6-2-1-3-7(10)4-6/h1-4,8H,5,11H2/t8-/m1/s1. The molecular weight excluding hydrogens is 148 g/mol. The highest BCUT2D eigenvalue weighted by Crippen LogP contribution is 2.11. The van der Waals surface area contributed by atoms with Gasteiger partial charge in [0.2, 0.25) is 0 Å². The maximum atomic E-state index is 12.5. The molecule has 0 unspecified atom stereocenters. The van der Waals surface area contributed by atoms with Crippen LogP contribution in [0.15, 0.2) is 24.3 Å². The fraction of sp³-hybridized carbons (Fsp3) is 0.250. The molecule has 1 aromatic carbocycles. The van der Waals surface area contributed by atoms with Crippen LogP contribution in [0.4, 0.5) is 8.78 Å². The average molecular weight is 157 g/mol. The molecule has 0 aliphatic rings. The Morgan fingerprint density at radius 2 is 2.18 bits per heavy atom. The lowest BCUT2D eigenvalue weighted by molar-refractivity contribution is 0.436. The van der Waals surface area contributed by atoms with Crippen LogP contribution in [0, 0.1) is 5.82 Å². The van der Waals surface area contributed by atoms with Gasteiger partial charge in [-0.2, -0.15) is 0 Å². The fourth-order valence-corrected chi connectivity index (χ4v) is 0.826. The summed E-state index contributed by atoms with van der Waals surface area (Å²) in [6.45, 7) is -0.663. The van der Waals surface area contributed by atoms with Crippen molar-refractivity contribution >= 4 is 0 Å². The highest BCUT2D eigenvalue weighted by atomic mass is 19.1. The summed E-state index contributed by atoms with van der Waals surface area (Å²) in [5.74, 6) is -0.383. The van der Waals surface area contributed by atoms with Crippen LogP contribution in [0.25, 0.3) is 0 Å². The van der Waals surface area contributed by atoms with Crippen molar-refractivity contribution in [2.24, 2.45) is 5.73 Å². The number of alkyl halides is 1. The molecule has 2 N–H and O–H groups in total. The van der Waals surface area contributed by atoms with Crippen molar-refractivity contribution in [2.45, 2.75) is 6.04 Å². The molecule has 0 amide bonds. The summed E-state index contributed by atoms with van der Waals surface area (Å²) < 4.78 is 24.4. The molecule has 0 radical (unpaired) electrons. The molecule has 0 aromatic heterocycles. The van der Waals surface area contributed by atoms with Gasteiger partial charge in [0, 0.05) is 0 Å². The van der Waals surface area contributed by atoms with Crippen molar-refractivity contribution in [3.05, 3.63) is 35.6 Å². The molecule has 1 nitrogen and oxygen atoms in total. The number of hydrogen-bond acceptors (Lipinski definition) is 1. The third kappa shape index (κ3) is 1.98.